The molecule has 0 aliphatic rings. The van der Waals surface area contributed by atoms with Crippen LogP contribution in [-0.4, -0.2) is 0 Å². The van der Waals surface area contributed by atoms with Crippen LogP contribution in [0.3, 0.4) is 0 Å². The fourth-order valence-electron chi connectivity index (χ4n) is 0.536. The third kappa shape index (κ3) is 38.2. The zero-order chi connectivity index (χ0) is 16.1. The minimum atomic E-state index is 1.28. The molecule has 0 saturated carbocycles. The van der Waals surface area contributed by atoms with Crippen LogP contribution in [0.4, 0.5) is 0 Å². The summed E-state index contributed by atoms with van der Waals surface area (Å²) in [6.07, 6.45) is 11.2. The van der Waals surface area contributed by atoms with Crippen molar-refractivity contribution in [3.05, 3.63) is 36.0 Å². The highest BCUT2D eigenvalue weighted by atomic mass is 13.9. The zero-order valence-corrected chi connectivity index (χ0v) is 15.3. The largest absolute Gasteiger partial charge is 0.0991 e. The maximum atomic E-state index is 3.61. The number of allylic oxidation sites excluding steroid dienone is 5. The first kappa shape index (κ1) is 26.7. The van der Waals surface area contributed by atoms with Crippen LogP contribution in [0.1, 0.15) is 88.0 Å². The molecule has 0 aliphatic carbocycles. The molecule has 0 aliphatic heterocycles. The molecule has 0 rings (SSSR count). The van der Waals surface area contributed by atoms with Crippen molar-refractivity contribution in [3.63, 3.8) is 0 Å². The van der Waals surface area contributed by atoms with Crippen molar-refractivity contribution in [1.82, 2.24) is 0 Å². The highest BCUT2D eigenvalue weighted by molar-refractivity contribution is 5.28. The van der Waals surface area contributed by atoms with E-state index in [4.69, 9.17) is 0 Å². The molecule has 0 atom stereocenters. The predicted molar refractivity (Wildman–Crippen MR) is 95.9 cm³/mol. The van der Waals surface area contributed by atoms with E-state index >= 15 is 0 Å². The average molecular weight is 269 g/mol. The van der Waals surface area contributed by atoms with Gasteiger partial charge in [0.2, 0.25) is 0 Å². The summed E-state index contributed by atoms with van der Waals surface area (Å²) in [5.41, 5.74) is 2.60. The average Bonchev–Trinajstić information content (AvgIpc) is 2.49. The fraction of sp³-hybridized carbons (Fsp3) is 0.684. The van der Waals surface area contributed by atoms with E-state index in [1.807, 2.05) is 32.9 Å². The number of hydrogen-bond acceptors (Lipinski definition) is 0. The Morgan fingerprint density at radius 1 is 0.789 bits per heavy atom. The summed E-state index contributed by atoms with van der Waals surface area (Å²) in [5, 5.41) is 0. The summed E-state index contributed by atoms with van der Waals surface area (Å²) >= 11 is 0. The monoisotopic (exact) mass is 268 g/mol. The molecule has 0 spiro atoms. The Bertz CT molecular complexity index is 186. The van der Waals surface area contributed by atoms with Gasteiger partial charge in [-0.3, -0.25) is 0 Å². The van der Waals surface area contributed by atoms with Crippen LogP contribution >= 0.6 is 0 Å². The second kappa shape index (κ2) is 30.3. The van der Waals surface area contributed by atoms with Crippen LogP contribution in [0.2, 0.25) is 0 Å². The third-order valence-electron chi connectivity index (χ3n) is 2.42. The number of hydrogen-bond donors (Lipinski definition) is 0. The Hall–Kier alpha value is -0.780. The minimum absolute atomic E-state index is 1.28. The Labute approximate surface area is 124 Å². The van der Waals surface area contributed by atoms with Crippen molar-refractivity contribution in [2.75, 3.05) is 0 Å². The molecule has 0 amide bonds. The summed E-state index contributed by atoms with van der Waals surface area (Å²) in [7, 11) is 0. The topological polar surface area (TPSA) is 0 Å². The highest BCUT2D eigenvalue weighted by Crippen LogP contribution is 2.06. The molecule has 0 N–H and O–H groups in total. The number of unbranched alkanes of at least 4 members (excludes halogenated alkanes) is 2. The summed E-state index contributed by atoms with van der Waals surface area (Å²) < 4.78 is 0. The van der Waals surface area contributed by atoms with Gasteiger partial charge in [0.1, 0.15) is 0 Å². The molecular weight excluding hydrogens is 228 g/mol. The molecule has 116 valence electrons. The lowest BCUT2D eigenvalue weighted by molar-refractivity contribution is 0.886. The summed E-state index contributed by atoms with van der Waals surface area (Å²) in [4.78, 5) is 0. The van der Waals surface area contributed by atoms with E-state index in [1.54, 1.807) is 0 Å². The lowest BCUT2D eigenvalue weighted by atomic mass is 10.1. The molecule has 0 bridgehead atoms. The van der Waals surface area contributed by atoms with Crippen LogP contribution in [0.25, 0.3) is 0 Å². The molecule has 0 heteroatoms. The molecular formula is C19H40. The number of rotatable bonds is 4. The third-order valence-corrected chi connectivity index (χ3v) is 2.42. The van der Waals surface area contributed by atoms with Crippen molar-refractivity contribution in [2.24, 2.45) is 0 Å². The Balaban J connectivity index is -0.0000000944. The van der Waals surface area contributed by atoms with Gasteiger partial charge in [0.05, 0.1) is 0 Å². The van der Waals surface area contributed by atoms with E-state index in [2.05, 4.69) is 54.2 Å². The van der Waals surface area contributed by atoms with Gasteiger partial charge in [0.25, 0.3) is 0 Å². The zero-order valence-electron chi connectivity index (χ0n) is 15.3. The Morgan fingerprint density at radius 2 is 1.11 bits per heavy atom. The van der Waals surface area contributed by atoms with Gasteiger partial charge in [-0.15, -0.1) is 0 Å². The van der Waals surface area contributed by atoms with Gasteiger partial charge < -0.3 is 0 Å². The Kier molecular flexibility index (Phi) is 42.7. The lowest BCUT2D eigenvalue weighted by Crippen LogP contribution is -1.75. The Morgan fingerprint density at radius 3 is 1.26 bits per heavy atom. The van der Waals surface area contributed by atoms with Gasteiger partial charge in [-0.25, -0.2) is 0 Å². The molecule has 0 nitrogen and oxygen atoms in total. The first-order valence-corrected chi connectivity index (χ1v) is 7.97. The van der Waals surface area contributed by atoms with Crippen LogP contribution in [-0.2, 0) is 0 Å². The summed E-state index contributed by atoms with van der Waals surface area (Å²) in [6, 6.07) is 0. The molecule has 0 aromatic heterocycles. The maximum absolute atomic E-state index is 3.61. The van der Waals surface area contributed by atoms with Gasteiger partial charge in [-0.1, -0.05) is 97.6 Å². The van der Waals surface area contributed by atoms with E-state index in [0.717, 1.165) is 0 Å². The van der Waals surface area contributed by atoms with Crippen molar-refractivity contribution in [2.45, 2.75) is 88.0 Å². The van der Waals surface area contributed by atoms with Gasteiger partial charge in [-0.2, -0.15) is 0 Å². The maximum Gasteiger partial charge on any atom is -0.0395 e. The van der Waals surface area contributed by atoms with Crippen LogP contribution in [0.15, 0.2) is 36.0 Å². The fourth-order valence-corrected chi connectivity index (χ4v) is 0.536. The van der Waals surface area contributed by atoms with Gasteiger partial charge >= 0.3 is 0 Å². The molecule has 0 radical (unpaired) electrons. The second-order valence-electron chi connectivity index (χ2n) is 4.06. The quantitative estimate of drug-likeness (QED) is 0.458. The summed E-state index contributed by atoms with van der Waals surface area (Å²) in [5.74, 6) is 0. The van der Waals surface area contributed by atoms with E-state index in [1.165, 1.54) is 36.8 Å². The second-order valence-corrected chi connectivity index (χ2v) is 4.06. The van der Waals surface area contributed by atoms with Crippen LogP contribution in [0, 0.1) is 0 Å². The first-order chi connectivity index (χ1) is 9.05. The van der Waals surface area contributed by atoms with Gasteiger partial charge in [0, 0.05) is 0 Å². The van der Waals surface area contributed by atoms with E-state index in [0.29, 0.717) is 0 Å². The SMILES string of the molecule is C=C/C=C(C)\C(C)=C/C.CC.CCCC.CCCC. The normalized spacial score (nSPS) is 9.95. The molecule has 0 aromatic rings. The first-order valence-electron chi connectivity index (χ1n) is 7.97. The molecule has 19 heavy (non-hydrogen) atoms. The predicted octanol–water partition coefficient (Wildman–Crippen LogP) is 7.72. The minimum Gasteiger partial charge on any atom is -0.0991 e. The smallest absolute Gasteiger partial charge is 0.0395 e. The lowest BCUT2D eigenvalue weighted by Gasteiger charge is -1.95. The van der Waals surface area contributed by atoms with Gasteiger partial charge in [0.15, 0.2) is 0 Å². The van der Waals surface area contributed by atoms with E-state index in [9.17, 15) is 0 Å². The van der Waals surface area contributed by atoms with E-state index in [-0.39, 0.29) is 0 Å². The molecule has 0 aromatic carbocycles. The molecule has 0 unspecified atom stereocenters. The molecule has 0 fully saturated rings. The standard InChI is InChI=1S/C9H14.2C4H10.C2H6/c1-5-7-9(4)8(3)6-2;2*1-3-4-2;1-2/h5-7H,1H2,2-4H3;2*3-4H2,1-2H3;1-2H3/b8-6-,9-7-;;;. The van der Waals surface area contributed by atoms with Gasteiger partial charge in [-0.05, 0) is 26.3 Å². The van der Waals surface area contributed by atoms with Crippen LogP contribution < -0.4 is 0 Å². The van der Waals surface area contributed by atoms with Crippen molar-refractivity contribution >= 4 is 0 Å². The molecule has 0 heterocycles. The van der Waals surface area contributed by atoms with Crippen LogP contribution in [0.5, 0.6) is 0 Å². The molecule has 0 saturated heterocycles. The highest BCUT2D eigenvalue weighted by Gasteiger charge is 1.85. The van der Waals surface area contributed by atoms with Crippen molar-refractivity contribution in [1.29, 1.82) is 0 Å². The van der Waals surface area contributed by atoms with Crippen molar-refractivity contribution < 1.29 is 0 Å². The summed E-state index contributed by atoms with van der Waals surface area (Å²) in [6.45, 7) is 22.5. The van der Waals surface area contributed by atoms with E-state index < -0.39 is 0 Å². The van der Waals surface area contributed by atoms with Crippen molar-refractivity contribution in [3.8, 4) is 0 Å².